The Hall–Kier alpha value is -0.995. The molecular weight excluding hydrogens is 147 g/mol. The Bertz CT molecular complexity index is 203. The predicted molar refractivity (Wildman–Crippen MR) is 36.6 cm³/mol. The molecule has 1 atom stereocenters. The molecule has 11 heavy (non-hydrogen) atoms. The molecule has 1 fully saturated rings. The lowest BCUT2D eigenvalue weighted by atomic mass is 9.73. The first-order valence-electron chi connectivity index (χ1n) is 3.36. The zero-order valence-electron chi connectivity index (χ0n) is 6.42. The quantitative estimate of drug-likeness (QED) is 0.299. The second-order valence-corrected chi connectivity index (χ2v) is 2.58. The lowest BCUT2D eigenvalue weighted by Gasteiger charge is -2.29. The second kappa shape index (κ2) is 2.56. The Labute approximate surface area is 65.1 Å². The number of hydrogen-bond donors (Lipinski definition) is 0. The van der Waals surface area contributed by atoms with Gasteiger partial charge in [-0.2, -0.15) is 0 Å². The topological polar surface area (TPSA) is 52.6 Å². The molecule has 1 heterocycles. The summed E-state index contributed by atoms with van der Waals surface area (Å²) in [7, 11) is 1.25. The minimum absolute atomic E-state index is 0.589. The van der Waals surface area contributed by atoms with Crippen LogP contribution in [0.15, 0.2) is 0 Å². The van der Waals surface area contributed by atoms with Gasteiger partial charge in [-0.15, -0.1) is 0 Å². The molecule has 1 unspecified atom stereocenters. The van der Waals surface area contributed by atoms with Crippen molar-refractivity contribution >= 4 is 19.4 Å². The van der Waals surface area contributed by atoms with Crippen LogP contribution in [0, 0.1) is 0 Å². The molecule has 59 valence electrons. The smallest absolute Gasteiger partial charge is 0.422 e. The molecular formula is C6H8BO4. The Kier molecular flexibility index (Phi) is 1.89. The van der Waals surface area contributed by atoms with Gasteiger partial charge in [-0.25, -0.2) is 9.59 Å². The van der Waals surface area contributed by atoms with Crippen molar-refractivity contribution in [1.82, 2.24) is 0 Å². The Balaban J connectivity index is 2.66. The van der Waals surface area contributed by atoms with Gasteiger partial charge in [0.25, 0.3) is 0 Å². The van der Waals surface area contributed by atoms with E-state index in [0.29, 0.717) is 6.42 Å². The van der Waals surface area contributed by atoms with Crippen molar-refractivity contribution < 1.29 is 19.0 Å². The van der Waals surface area contributed by atoms with Crippen LogP contribution in [0.3, 0.4) is 0 Å². The van der Waals surface area contributed by atoms with E-state index in [1.165, 1.54) is 7.48 Å². The van der Waals surface area contributed by atoms with Crippen molar-refractivity contribution in [2.75, 3.05) is 0 Å². The average Bonchev–Trinajstić information content (AvgIpc) is 1.98. The highest BCUT2D eigenvalue weighted by atomic mass is 16.6. The van der Waals surface area contributed by atoms with Crippen LogP contribution in [0.2, 0.25) is 0 Å². The third-order valence-electron chi connectivity index (χ3n) is 1.61. The largest absolute Gasteiger partial charge is 0.526 e. The van der Waals surface area contributed by atoms with E-state index < -0.39 is 17.4 Å². The van der Waals surface area contributed by atoms with Crippen LogP contribution < -0.4 is 0 Å². The molecule has 4 nitrogen and oxygen atoms in total. The molecule has 0 spiro atoms. The van der Waals surface area contributed by atoms with Gasteiger partial charge in [0.2, 0.25) is 0 Å². The highest BCUT2D eigenvalue weighted by molar-refractivity contribution is 6.45. The Morgan fingerprint density at radius 2 is 2.09 bits per heavy atom. The summed E-state index contributed by atoms with van der Waals surface area (Å²) in [6.45, 7) is 3.51. The van der Waals surface area contributed by atoms with E-state index in [0.717, 1.165) is 0 Å². The number of carbonyl (C=O) groups is 2. The SMILES string of the molecule is CCC1(C)[B]OC(=O)C(=O)O1. The highest BCUT2D eigenvalue weighted by Crippen LogP contribution is 2.17. The summed E-state index contributed by atoms with van der Waals surface area (Å²) in [6.07, 6.45) is 0.589. The average molecular weight is 155 g/mol. The van der Waals surface area contributed by atoms with Crippen molar-refractivity contribution in [2.24, 2.45) is 0 Å². The van der Waals surface area contributed by atoms with Crippen LogP contribution >= 0.6 is 0 Å². The van der Waals surface area contributed by atoms with Crippen molar-refractivity contribution in [3.05, 3.63) is 0 Å². The van der Waals surface area contributed by atoms with Gasteiger partial charge in [0.15, 0.2) is 0 Å². The maximum Gasteiger partial charge on any atom is 0.422 e. The van der Waals surface area contributed by atoms with Gasteiger partial charge in [0, 0.05) is 0 Å². The molecule has 0 aromatic rings. The first kappa shape index (κ1) is 8.10. The van der Waals surface area contributed by atoms with Crippen molar-refractivity contribution in [1.29, 1.82) is 0 Å². The first-order valence-corrected chi connectivity index (χ1v) is 3.36. The van der Waals surface area contributed by atoms with Gasteiger partial charge >= 0.3 is 19.4 Å². The first-order chi connectivity index (χ1) is 5.07. The zero-order valence-corrected chi connectivity index (χ0v) is 6.42. The third kappa shape index (κ3) is 1.53. The summed E-state index contributed by atoms with van der Waals surface area (Å²) in [5.41, 5.74) is -0.745. The summed E-state index contributed by atoms with van der Waals surface area (Å²) in [4.78, 5) is 21.1. The fourth-order valence-electron chi connectivity index (χ4n) is 0.659. The van der Waals surface area contributed by atoms with Gasteiger partial charge in [-0.1, -0.05) is 6.92 Å². The van der Waals surface area contributed by atoms with E-state index in [2.05, 4.69) is 4.65 Å². The lowest BCUT2D eigenvalue weighted by molar-refractivity contribution is -0.173. The van der Waals surface area contributed by atoms with Crippen LogP contribution in [0.1, 0.15) is 20.3 Å². The van der Waals surface area contributed by atoms with E-state index in [1.54, 1.807) is 6.92 Å². The normalized spacial score (nSPS) is 30.4. The van der Waals surface area contributed by atoms with Crippen molar-refractivity contribution in [3.8, 4) is 0 Å². The Morgan fingerprint density at radius 3 is 2.55 bits per heavy atom. The zero-order chi connectivity index (χ0) is 8.48. The molecule has 0 aromatic heterocycles. The summed E-state index contributed by atoms with van der Waals surface area (Å²) in [6, 6.07) is 0. The molecule has 1 aliphatic heterocycles. The molecule has 1 rings (SSSR count). The van der Waals surface area contributed by atoms with Gasteiger partial charge in [0.05, 0.1) is 0 Å². The van der Waals surface area contributed by atoms with E-state index >= 15 is 0 Å². The minimum atomic E-state index is -0.948. The molecule has 1 saturated heterocycles. The number of ether oxygens (including phenoxy) is 1. The molecule has 0 N–H and O–H groups in total. The van der Waals surface area contributed by atoms with Gasteiger partial charge in [0.1, 0.15) is 5.50 Å². The molecule has 0 aliphatic carbocycles. The fourth-order valence-corrected chi connectivity index (χ4v) is 0.659. The van der Waals surface area contributed by atoms with Crippen molar-refractivity contribution in [3.63, 3.8) is 0 Å². The fraction of sp³-hybridized carbons (Fsp3) is 0.667. The lowest BCUT2D eigenvalue weighted by Crippen LogP contribution is -2.47. The molecule has 0 bridgehead atoms. The molecule has 5 heteroatoms. The van der Waals surface area contributed by atoms with Gasteiger partial charge in [-0.3, -0.25) is 0 Å². The van der Waals surface area contributed by atoms with Gasteiger partial charge < -0.3 is 9.39 Å². The molecule has 1 radical (unpaired) electrons. The van der Waals surface area contributed by atoms with E-state index in [4.69, 9.17) is 4.74 Å². The second-order valence-electron chi connectivity index (χ2n) is 2.58. The number of carbonyl (C=O) groups excluding carboxylic acids is 2. The molecule has 0 aromatic carbocycles. The van der Waals surface area contributed by atoms with E-state index in [9.17, 15) is 9.59 Å². The third-order valence-corrected chi connectivity index (χ3v) is 1.61. The summed E-state index contributed by atoms with van der Waals surface area (Å²) in [5.74, 6) is -1.87. The molecule has 0 amide bonds. The summed E-state index contributed by atoms with van der Waals surface area (Å²) < 4.78 is 9.22. The number of cyclic esters (lactones) is 1. The maximum absolute atomic E-state index is 10.7. The standard InChI is InChI=1S/C6H8BO4/c1-3-6(2)7-11-5(9)4(8)10-6/h3H2,1-2H3. The number of hydrogen-bond acceptors (Lipinski definition) is 4. The number of rotatable bonds is 1. The van der Waals surface area contributed by atoms with Crippen LogP contribution in [0.5, 0.6) is 0 Å². The van der Waals surface area contributed by atoms with Crippen LogP contribution in [-0.2, 0) is 19.0 Å². The van der Waals surface area contributed by atoms with E-state index in [1.807, 2.05) is 6.92 Å². The maximum atomic E-state index is 10.7. The number of esters is 1. The summed E-state index contributed by atoms with van der Waals surface area (Å²) >= 11 is 0. The minimum Gasteiger partial charge on any atom is -0.526 e. The van der Waals surface area contributed by atoms with Crippen LogP contribution in [0.4, 0.5) is 0 Å². The van der Waals surface area contributed by atoms with Crippen LogP contribution in [-0.4, -0.2) is 24.9 Å². The highest BCUT2D eigenvalue weighted by Gasteiger charge is 2.40. The molecule has 0 saturated carbocycles. The Morgan fingerprint density at radius 1 is 1.45 bits per heavy atom. The van der Waals surface area contributed by atoms with Crippen molar-refractivity contribution in [2.45, 2.75) is 25.8 Å². The molecule has 1 aliphatic rings. The monoisotopic (exact) mass is 155 g/mol. The van der Waals surface area contributed by atoms with Gasteiger partial charge in [-0.05, 0) is 13.3 Å². The van der Waals surface area contributed by atoms with E-state index in [-0.39, 0.29) is 0 Å². The predicted octanol–water partition coefficient (Wildman–Crippen LogP) is -0.168. The summed E-state index contributed by atoms with van der Waals surface area (Å²) in [5, 5.41) is 0. The van der Waals surface area contributed by atoms with Crippen LogP contribution in [0.25, 0.3) is 0 Å².